The summed E-state index contributed by atoms with van der Waals surface area (Å²) in [4.78, 5) is 14.6. The van der Waals surface area contributed by atoms with Crippen molar-refractivity contribution < 1.29 is 4.79 Å². The topological polar surface area (TPSA) is 32.3 Å². The zero-order chi connectivity index (χ0) is 14.5. The fourth-order valence-corrected chi connectivity index (χ4v) is 3.00. The van der Waals surface area contributed by atoms with Crippen LogP contribution in [-0.2, 0) is 4.79 Å². The minimum atomic E-state index is 0.0140. The van der Waals surface area contributed by atoms with Crippen molar-refractivity contribution in [1.82, 2.24) is 10.2 Å². The normalized spacial score (nSPS) is 25.2. The Labute approximate surface area is 119 Å². The molecule has 3 heteroatoms. The van der Waals surface area contributed by atoms with Crippen molar-refractivity contribution in [3.8, 4) is 0 Å². The summed E-state index contributed by atoms with van der Waals surface area (Å²) < 4.78 is 0. The summed E-state index contributed by atoms with van der Waals surface area (Å²) in [5.41, 5.74) is 0.242. The van der Waals surface area contributed by atoms with E-state index in [4.69, 9.17) is 0 Å². The van der Waals surface area contributed by atoms with Gasteiger partial charge in [0.2, 0.25) is 5.91 Å². The summed E-state index contributed by atoms with van der Waals surface area (Å²) in [6, 6.07) is 0.0140. The Morgan fingerprint density at radius 3 is 2.74 bits per heavy atom. The summed E-state index contributed by atoms with van der Waals surface area (Å²) in [5.74, 6) is 0.909. The number of hydrogen-bond acceptors (Lipinski definition) is 2. The molecule has 0 aromatic rings. The molecular weight excluding hydrogens is 236 g/mol. The summed E-state index contributed by atoms with van der Waals surface area (Å²) >= 11 is 0. The maximum Gasteiger partial charge on any atom is 0.239 e. The molecule has 3 nitrogen and oxygen atoms in total. The Balaban J connectivity index is 2.67. The number of nitrogens with zero attached hydrogens (tertiary/aromatic N) is 1. The molecule has 1 saturated heterocycles. The van der Waals surface area contributed by atoms with Crippen LogP contribution in [0.2, 0.25) is 0 Å². The lowest BCUT2D eigenvalue weighted by molar-refractivity contribution is -0.134. The first-order valence-electron chi connectivity index (χ1n) is 7.85. The summed E-state index contributed by atoms with van der Waals surface area (Å²) in [6.45, 7) is 10.9. The fraction of sp³-hybridized carbons (Fsp3) is 0.938. The van der Waals surface area contributed by atoms with E-state index in [2.05, 4.69) is 37.9 Å². The van der Waals surface area contributed by atoms with E-state index < -0.39 is 0 Å². The van der Waals surface area contributed by atoms with Gasteiger partial charge >= 0.3 is 0 Å². The first-order valence-corrected chi connectivity index (χ1v) is 7.85. The molecule has 0 bridgehead atoms. The van der Waals surface area contributed by atoms with Crippen LogP contribution in [0.1, 0.15) is 59.8 Å². The molecule has 0 aromatic carbocycles. The van der Waals surface area contributed by atoms with E-state index in [-0.39, 0.29) is 11.5 Å². The number of amides is 1. The summed E-state index contributed by atoms with van der Waals surface area (Å²) in [6.07, 6.45) is 5.81. The lowest BCUT2D eigenvalue weighted by atomic mass is 9.87. The van der Waals surface area contributed by atoms with Crippen molar-refractivity contribution in [3.05, 3.63) is 0 Å². The Bertz CT molecular complexity index is 288. The van der Waals surface area contributed by atoms with Gasteiger partial charge in [-0.15, -0.1) is 0 Å². The molecule has 0 saturated carbocycles. The molecule has 2 unspecified atom stereocenters. The molecule has 112 valence electrons. The smallest absolute Gasteiger partial charge is 0.239 e. The van der Waals surface area contributed by atoms with Crippen LogP contribution in [0, 0.1) is 11.3 Å². The monoisotopic (exact) mass is 268 g/mol. The highest BCUT2D eigenvalue weighted by atomic mass is 16.2. The van der Waals surface area contributed by atoms with Gasteiger partial charge in [0.15, 0.2) is 0 Å². The average Bonchev–Trinajstić information content (AvgIpc) is 2.45. The van der Waals surface area contributed by atoms with E-state index in [1.165, 1.54) is 19.3 Å². The number of nitrogens with one attached hydrogen (secondary N) is 1. The van der Waals surface area contributed by atoms with Crippen molar-refractivity contribution in [1.29, 1.82) is 0 Å². The van der Waals surface area contributed by atoms with Crippen LogP contribution in [-0.4, -0.2) is 37.0 Å². The highest BCUT2D eigenvalue weighted by Crippen LogP contribution is 2.29. The zero-order valence-corrected chi connectivity index (χ0v) is 13.5. The van der Waals surface area contributed by atoms with Crippen LogP contribution in [0.3, 0.4) is 0 Å². The van der Waals surface area contributed by atoms with Gasteiger partial charge in [-0.25, -0.2) is 0 Å². The molecule has 0 radical (unpaired) electrons. The number of carbonyl (C=O) groups is 1. The van der Waals surface area contributed by atoms with E-state index in [9.17, 15) is 4.79 Å². The van der Waals surface area contributed by atoms with Gasteiger partial charge in [0.1, 0.15) is 0 Å². The molecule has 1 fully saturated rings. The standard InChI is InChI=1S/C16H32N2O/c1-6-7-8-13(2)11-18-12-16(3,4)10-9-14(17-5)15(18)19/h13-14,17H,6-12H2,1-5H3. The number of carbonyl (C=O) groups excluding carboxylic acids is 1. The largest absolute Gasteiger partial charge is 0.341 e. The molecule has 1 aliphatic rings. The van der Waals surface area contributed by atoms with Gasteiger partial charge in [-0.05, 0) is 37.6 Å². The third-order valence-electron chi connectivity index (χ3n) is 4.27. The SMILES string of the molecule is CCCCC(C)CN1CC(C)(C)CCC(NC)C1=O. The van der Waals surface area contributed by atoms with Crippen molar-refractivity contribution in [3.63, 3.8) is 0 Å². The molecule has 1 N–H and O–H groups in total. The molecule has 0 aromatic heterocycles. The van der Waals surface area contributed by atoms with Gasteiger partial charge in [0.05, 0.1) is 6.04 Å². The molecule has 0 spiro atoms. The fourth-order valence-electron chi connectivity index (χ4n) is 3.00. The quantitative estimate of drug-likeness (QED) is 0.803. The molecule has 1 rings (SSSR count). The second-order valence-electron chi connectivity index (χ2n) is 7.01. The molecular formula is C16H32N2O. The third kappa shape index (κ3) is 5.13. The van der Waals surface area contributed by atoms with Gasteiger partial charge in [-0.3, -0.25) is 4.79 Å². The maximum atomic E-state index is 12.5. The van der Waals surface area contributed by atoms with E-state index in [1.54, 1.807) is 0 Å². The van der Waals surface area contributed by atoms with E-state index in [0.717, 1.165) is 25.9 Å². The van der Waals surface area contributed by atoms with Gasteiger partial charge < -0.3 is 10.2 Å². The Kier molecular flexibility index (Phi) is 6.31. The zero-order valence-electron chi connectivity index (χ0n) is 13.5. The van der Waals surface area contributed by atoms with Crippen LogP contribution >= 0.6 is 0 Å². The van der Waals surface area contributed by atoms with Gasteiger partial charge in [-0.2, -0.15) is 0 Å². The number of unbranched alkanes of at least 4 members (excludes halogenated alkanes) is 1. The van der Waals surface area contributed by atoms with Crippen LogP contribution in [0.25, 0.3) is 0 Å². The van der Waals surface area contributed by atoms with Crippen LogP contribution < -0.4 is 5.32 Å². The van der Waals surface area contributed by atoms with Gasteiger partial charge in [0, 0.05) is 13.1 Å². The lowest BCUT2D eigenvalue weighted by Gasteiger charge is -2.32. The summed E-state index contributed by atoms with van der Waals surface area (Å²) in [7, 11) is 1.90. The minimum absolute atomic E-state index is 0.0140. The van der Waals surface area contributed by atoms with Crippen molar-refractivity contribution in [2.75, 3.05) is 20.1 Å². The lowest BCUT2D eigenvalue weighted by Crippen LogP contribution is -2.46. The highest BCUT2D eigenvalue weighted by molar-refractivity contribution is 5.82. The number of likely N-dealkylation sites (tertiary alicyclic amines) is 1. The Morgan fingerprint density at radius 2 is 2.16 bits per heavy atom. The van der Waals surface area contributed by atoms with Crippen molar-refractivity contribution >= 4 is 5.91 Å². The number of rotatable bonds is 6. The van der Waals surface area contributed by atoms with E-state index in [0.29, 0.717) is 11.8 Å². The van der Waals surface area contributed by atoms with Crippen LogP contribution in [0.15, 0.2) is 0 Å². The predicted octanol–water partition coefficient (Wildman–Crippen LogP) is 3.05. The van der Waals surface area contributed by atoms with Crippen molar-refractivity contribution in [2.45, 2.75) is 65.8 Å². The van der Waals surface area contributed by atoms with Crippen molar-refractivity contribution in [2.24, 2.45) is 11.3 Å². The van der Waals surface area contributed by atoms with Crippen LogP contribution in [0.4, 0.5) is 0 Å². The second kappa shape index (κ2) is 7.28. The summed E-state index contributed by atoms with van der Waals surface area (Å²) in [5, 5.41) is 3.19. The predicted molar refractivity (Wildman–Crippen MR) is 81.1 cm³/mol. The molecule has 1 heterocycles. The van der Waals surface area contributed by atoms with Crippen LogP contribution in [0.5, 0.6) is 0 Å². The minimum Gasteiger partial charge on any atom is -0.341 e. The molecule has 2 atom stereocenters. The molecule has 1 amide bonds. The third-order valence-corrected chi connectivity index (χ3v) is 4.27. The average molecular weight is 268 g/mol. The second-order valence-corrected chi connectivity index (χ2v) is 7.01. The highest BCUT2D eigenvalue weighted by Gasteiger charge is 2.34. The van der Waals surface area contributed by atoms with E-state index >= 15 is 0 Å². The molecule has 0 aliphatic carbocycles. The van der Waals surface area contributed by atoms with E-state index in [1.807, 2.05) is 7.05 Å². The molecule has 19 heavy (non-hydrogen) atoms. The van der Waals surface area contributed by atoms with Gasteiger partial charge in [0.25, 0.3) is 0 Å². The van der Waals surface area contributed by atoms with Gasteiger partial charge in [-0.1, -0.05) is 40.5 Å². The number of hydrogen-bond donors (Lipinski definition) is 1. The number of likely N-dealkylation sites (N-methyl/N-ethyl adjacent to an activating group) is 1. The molecule has 1 aliphatic heterocycles. The first kappa shape index (κ1) is 16.5. The maximum absolute atomic E-state index is 12.5. The Morgan fingerprint density at radius 1 is 1.47 bits per heavy atom. The Hall–Kier alpha value is -0.570. The first-order chi connectivity index (χ1) is 8.89.